The summed E-state index contributed by atoms with van der Waals surface area (Å²) in [5, 5.41) is 9.75. The lowest BCUT2D eigenvalue weighted by Gasteiger charge is -2.24. The fourth-order valence-electron chi connectivity index (χ4n) is 2.16. The Hall–Kier alpha value is -0.870. The number of aliphatic hydroxyl groups is 1. The predicted octanol–water partition coefficient (Wildman–Crippen LogP) is 2.21. The van der Waals surface area contributed by atoms with E-state index in [1.54, 1.807) is 31.2 Å². The first-order chi connectivity index (χ1) is 7.73. The average Bonchev–Trinajstić information content (AvgIpc) is 2.15. The van der Waals surface area contributed by atoms with E-state index in [1.165, 1.54) is 6.26 Å². The van der Waals surface area contributed by atoms with Crippen LogP contribution in [0.3, 0.4) is 0 Å². The van der Waals surface area contributed by atoms with Crippen molar-refractivity contribution < 1.29 is 13.5 Å². The van der Waals surface area contributed by atoms with E-state index in [9.17, 15) is 13.5 Å². The minimum absolute atomic E-state index is 0.0311. The second-order valence-corrected chi connectivity index (χ2v) is 6.87. The van der Waals surface area contributed by atoms with Gasteiger partial charge in [-0.05, 0) is 30.5 Å². The van der Waals surface area contributed by atoms with E-state index in [2.05, 4.69) is 0 Å². The number of sulfone groups is 1. The van der Waals surface area contributed by atoms with Gasteiger partial charge in [-0.15, -0.1) is 0 Å². The molecule has 1 aromatic rings. The highest BCUT2D eigenvalue weighted by atomic mass is 32.2. The van der Waals surface area contributed by atoms with Crippen molar-refractivity contribution in [2.45, 2.75) is 37.7 Å². The van der Waals surface area contributed by atoms with Crippen LogP contribution in [0.2, 0.25) is 0 Å². The van der Waals surface area contributed by atoms with Gasteiger partial charge in [-0.1, -0.05) is 26.0 Å². The van der Waals surface area contributed by atoms with Gasteiger partial charge < -0.3 is 5.11 Å². The fraction of sp³-hybridized carbons (Fsp3) is 0.538. The second kappa shape index (κ2) is 5.19. The Balaban J connectivity index is 3.09. The predicted molar refractivity (Wildman–Crippen MR) is 68.8 cm³/mol. The van der Waals surface area contributed by atoms with Crippen LogP contribution >= 0.6 is 0 Å². The highest BCUT2D eigenvalue weighted by Crippen LogP contribution is 2.28. The lowest BCUT2D eigenvalue weighted by Crippen LogP contribution is -2.20. The lowest BCUT2D eigenvalue weighted by molar-refractivity contribution is 0.140. The average molecular weight is 256 g/mol. The van der Waals surface area contributed by atoms with Crippen LogP contribution in [0, 0.1) is 5.92 Å². The number of hydrogen-bond donors (Lipinski definition) is 1. The molecule has 0 amide bonds. The molecule has 0 bridgehead atoms. The van der Waals surface area contributed by atoms with E-state index in [4.69, 9.17) is 0 Å². The summed E-state index contributed by atoms with van der Waals surface area (Å²) < 4.78 is 22.7. The Labute approximate surface area is 103 Å². The molecule has 0 heterocycles. The summed E-state index contributed by atoms with van der Waals surface area (Å²) in [6, 6.07) is 6.77. The van der Waals surface area contributed by atoms with Gasteiger partial charge in [0.05, 0.1) is 11.0 Å². The molecule has 1 rings (SSSR count). The van der Waals surface area contributed by atoms with Gasteiger partial charge in [-0.25, -0.2) is 8.42 Å². The second-order valence-electron chi connectivity index (χ2n) is 4.85. The van der Waals surface area contributed by atoms with E-state index in [0.717, 1.165) is 5.56 Å². The molecule has 0 fully saturated rings. The van der Waals surface area contributed by atoms with Crippen molar-refractivity contribution in [2.24, 2.45) is 5.92 Å². The summed E-state index contributed by atoms with van der Waals surface area (Å²) >= 11 is 0. The largest absolute Gasteiger partial charge is 0.393 e. The van der Waals surface area contributed by atoms with Gasteiger partial charge in [0, 0.05) is 12.2 Å². The summed E-state index contributed by atoms with van der Waals surface area (Å²) in [7, 11) is -3.15. The van der Waals surface area contributed by atoms with Crippen molar-refractivity contribution in [3.05, 3.63) is 29.8 Å². The molecule has 1 aromatic carbocycles. The molecule has 0 saturated heterocycles. The van der Waals surface area contributed by atoms with Gasteiger partial charge in [0.25, 0.3) is 0 Å². The van der Waals surface area contributed by atoms with E-state index >= 15 is 0 Å². The minimum Gasteiger partial charge on any atom is -0.393 e. The first-order valence-electron chi connectivity index (χ1n) is 5.71. The molecule has 0 aliphatic heterocycles. The summed E-state index contributed by atoms with van der Waals surface area (Å²) in [6.07, 6.45) is 0.746. The Bertz CT molecular complexity index is 450. The van der Waals surface area contributed by atoms with Crippen LogP contribution in [0.15, 0.2) is 29.2 Å². The molecule has 0 spiro atoms. The highest BCUT2D eigenvalue weighted by Gasteiger charge is 2.21. The molecule has 3 nitrogen and oxygen atoms in total. The third kappa shape index (κ3) is 3.54. The summed E-state index contributed by atoms with van der Waals surface area (Å²) in [4.78, 5) is 0.314. The molecule has 0 radical (unpaired) electrons. The standard InChI is InChI=1S/C13H20O3S/c1-9(2)13(10(3)14)11-5-7-12(8-6-11)17(4,15)16/h5-10,13-14H,1-4H3. The van der Waals surface area contributed by atoms with Crippen LogP contribution in [0.25, 0.3) is 0 Å². The molecule has 0 aliphatic rings. The minimum atomic E-state index is -3.15. The van der Waals surface area contributed by atoms with Gasteiger partial charge in [-0.2, -0.15) is 0 Å². The quantitative estimate of drug-likeness (QED) is 0.898. The zero-order chi connectivity index (χ0) is 13.2. The van der Waals surface area contributed by atoms with Crippen molar-refractivity contribution >= 4 is 9.84 Å². The van der Waals surface area contributed by atoms with E-state index in [-0.39, 0.29) is 5.92 Å². The van der Waals surface area contributed by atoms with Crippen molar-refractivity contribution in [3.8, 4) is 0 Å². The third-order valence-corrected chi connectivity index (χ3v) is 4.06. The molecule has 0 aromatic heterocycles. The molecule has 1 N–H and O–H groups in total. The Morgan fingerprint density at radius 1 is 1.06 bits per heavy atom. The summed E-state index contributed by atoms with van der Waals surface area (Å²) in [5.74, 6) is 0.336. The number of hydrogen-bond acceptors (Lipinski definition) is 3. The Morgan fingerprint density at radius 2 is 1.53 bits per heavy atom. The van der Waals surface area contributed by atoms with E-state index in [1.807, 2.05) is 13.8 Å². The maximum Gasteiger partial charge on any atom is 0.175 e. The van der Waals surface area contributed by atoms with Crippen molar-refractivity contribution in [1.82, 2.24) is 0 Å². The van der Waals surface area contributed by atoms with Gasteiger partial charge >= 0.3 is 0 Å². The number of rotatable bonds is 4. The Morgan fingerprint density at radius 3 is 1.82 bits per heavy atom. The fourth-order valence-corrected chi connectivity index (χ4v) is 2.79. The normalized spacial score (nSPS) is 15.9. The topological polar surface area (TPSA) is 54.4 Å². The number of aliphatic hydroxyl groups excluding tert-OH is 1. The third-order valence-electron chi connectivity index (χ3n) is 2.93. The van der Waals surface area contributed by atoms with Crippen LogP contribution in [-0.4, -0.2) is 25.9 Å². The monoisotopic (exact) mass is 256 g/mol. The van der Waals surface area contributed by atoms with Crippen LogP contribution in [0.5, 0.6) is 0 Å². The smallest absolute Gasteiger partial charge is 0.175 e. The molecular formula is C13H20O3S. The zero-order valence-electron chi connectivity index (χ0n) is 10.7. The van der Waals surface area contributed by atoms with E-state index < -0.39 is 15.9 Å². The van der Waals surface area contributed by atoms with Crippen molar-refractivity contribution in [2.75, 3.05) is 6.26 Å². The van der Waals surface area contributed by atoms with Gasteiger partial charge in [-0.3, -0.25) is 0 Å². The molecule has 2 unspecified atom stereocenters. The molecule has 96 valence electrons. The molecule has 17 heavy (non-hydrogen) atoms. The first kappa shape index (κ1) is 14.2. The molecular weight excluding hydrogens is 236 g/mol. The number of benzene rings is 1. The van der Waals surface area contributed by atoms with Crippen LogP contribution < -0.4 is 0 Å². The maximum atomic E-state index is 11.3. The molecule has 0 aliphatic carbocycles. The molecule has 0 saturated carbocycles. The van der Waals surface area contributed by atoms with Crippen LogP contribution in [-0.2, 0) is 9.84 Å². The lowest BCUT2D eigenvalue weighted by atomic mass is 9.85. The van der Waals surface area contributed by atoms with Crippen molar-refractivity contribution in [3.63, 3.8) is 0 Å². The summed E-state index contributed by atoms with van der Waals surface area (Å²) in [5.41, 5.74) is 0.974. The van der Waals surface area contributed by atoms with Gasteiger partial charge in [0.2, 0.25) is 0 Å². The van der Waals surface area contributed by atoms with Crippen LogP contribution in [0.1, 0.15) is 32.3 Å². The molecule has 4 heteroatoms. The van der Waals surface area contributed by atoms with Gasteiger partial charge in [0.1, 0.15) is 0 Å². The maximum absolute atomic E-state index is 11.3. The van der Waals surface area contributed by atoms with Crippen LogP contribution in [0.4, 0.5) is 0 Å². The highest BCUT2D eigenvalue weighted by molar-refractivity contribution is 7.90. The zero-order valence-corrected chi connectivity index (χ0v) is 11.5. The first-order valence-corrected chi connectivity index (χ1v) is 7.60. The summed E-state index contributed by atoms with van der Waals surface area (Å²) in [6.45, 7) is 5.85. The van der Waals surface area contributed by atoms with E-state index in [0.29, 0.717) is 10.8 Å². The molecule has 2 atom stereocenters. The Kier molecular flexibility index (Phi) is 4.33. The van der Waals surface area contributed by atoms with Crippen molar-refractivity contribution in [1.29, 1.82) is 0 Å². The SMILES string of the molecule is CC(C)C(c1ccc(S(C)(=O)=O)cc1)C(C)O. The van der Waals surface area contributed by atoms with Gasteiger partial charge in [0.15, 0.2) is 9.84 Å².